The van der Waals surface area contributed by atoms with Crippen LogP contribution in [-0.4, -0.2) is 0 Å². The van der Waals surface area contributed by atoms with Crippen molar-refractivity contribution >= 4 is 0 Å². The summed E-state index contributed by atoms with van der Waals surface area (Å²) in [5.74, 6) is 0.112. The number of rotatable bonds is 2. The van der Waals surface area contributed by atoms with Gasteiger partial charge in [-0.15, -0.1) is 0 Å². The molecule has 0 aromatic heterocycles. The number of hydrogen-bond donors (Lipinski definition) is 0. The summed E-state index contributed by atoms with van der Waals surface area (Å²) in [6.45, 7) is 6.14. The lowest BCUT2D eigenvalue weighted by Crippen LogP contribution is -1.98. The monoisotopic (exact) mass is 173 g/mol. The number of aryl methyl sites for hydroxylation is 2. The van der Waals surface area contributed by atoms with Crippen LogP contribution in [0.2, 0.25) is 0 Å². The molecular formula is C12H15N. The van der Waals surface area contributed by atoms with Crippen molar-refractivity contribution in [2.24, 2.45) is 5.92 Å². The molecule has 0 spiro atoms. The van der Waals surface area contributed by atoms with E-state index in [1.807, 2.05) is 6.92 Å². The average Bonchev–Trinajstić information content (AvgIpc) is 2.11. The second-order valence-corrected chi connectivity index (χ2v) is 3.66. The summed E-state index contributed by atoms with van der Waals surface area (Å²) >= 11 is 0. The Morgan fingerprint density at radius 2 is 2.08 bits per heavy atom. The van der Waals surface area contributed by atoms with E-state index >= 15 is 0 Å². The first-order chi connectivity index (χ1) is 6.13. The molecule has 0 aliphatic heterocycles. The van der Waals surface area contributed by atoms with Gasteiger partial charge in [-0.1, -0.05) is 23.8 Å². The van der Waals surface area contributed by atoms with Crippen molar-refractivity contribution in [3.05, 3.63) is 34.9 Å². The lowest BCUT2D eigenvalue weighted by atomic mass is 9.97. The van der Waals surface area contributed by atoms with Gasteiger partial charge in [-0.2, -0.15) is 5.26 Å². The highest BCUT2D eigenvalue weighted by atomic mass is 14.3. The number of nitrogens with zero attached hydrogens (tertiary/aromatic N) is 1. The van der Waals surface area contributed by atoms with E-state index in [-0.39, 0.29) is 5.92 Å². The highest BCUT2D eigenvalue weighted by molar-refractivity contribution is 5.31. The number of hydrogen-bond acceptors (Lipinski definition) is 1. The first-order valence-electron chi connectivity index (χ1n) is 4.59. The van der Waals surface area contributed by atoms with E-state index in [1.54, 1.807) is 0 Å². The number of nitriles is 1. The van der Waals surface area contributed by atoms with Crippen LogP contribution >= 0.6 is 0 Å². The Labute approximate surface area is 80.0 Å². The standard InChI is InChI=1S/C12H15N/c1-9-4-5-11(3)12(6-9)7-10(2)8-13/h4-6,10H,7H2,1-3H3. The molecule has 0 aliphatic rings. The highest BCUT2D eigenvalue weighted by Gasteiger charge is 2.04. The fourth-order valence-electron chi connectivity index (χ4n) is 1.40. The summed E-state index contributed by atoms with van der Waals surface area (Å²) in [6.07, 6.45) is 0.865. The topological polar surface area (TPSA) is 23.8 Å². The smallest absolute Gasteiger partial charge is 0.0656 e. The summed E-state index contributed by atoms with van der Waals surface area (Å²) in [5, 5.41) is 8.71. The second kappa shape index (κ2) is 4.09. The maximum Gasteiger partial charge on any atom is 0.0656 e. The Morgan fingerprint density at radius 3 is 2.69 bits per heavy atom. The van der Waals surface area contributed by atoms with Crippen molar-refractivity contribution < 1.29 is 0 Å². The Hall–Kier alpha value is -1.29. The summed E-state index contributed by atoms with van der Waals surface area (Å²) in [6, 6.07) is 8.66. The van der Waals surface area contributed by atoms with Crippen LogP contribution in [0, 0.1) is 31.1 Å². The Kier molecular flexibility index (Phi) is 3.08. The minimum absolute atomic E-state index is 0.112. The Bertz CT molecular complexity index is 333. The zero-order chi connectivity index (χ0) is 9.84. The first-order valence-corrected chi connectivity index (χ1v) is 4.59. The fourth-order valence-corrected chi connectivity index (χ4v) is 1.40. The predicted octanol–water partition coefficient (Wildman–Crippen LogP) is 3.01. The molecule has 1 atom stereocenters. The Morgan fingerprint density at radius 1 is 1.38 bits per heavy atom. The summed E-state index contributed by atoms with van der Waals surface area (Å²) < 4.78 is 0. The zero-order valence-corrected chi connectivity index (χ0v) is 8.46. The van der Waals surface area contributed by atoms with Gasteiger partial charge in [-0.3, -0.25) is 0 Å². The molecule has 1 rings (SSSR count). The van der Waals surface area contributed by atoms with Gasteiger partial charge in [-0.25, -0.2) is 0 Å². The van der Waals surface area contributed by atoms with Crippen molar-refractivity contribution in [3.63, 3.8) is 0 Å². The molecule has 1 unspecified atom stereocenters. The van der Waals surface area contributed by atoms with E-state index in [9.17, 15) is 0 Å². The summed E-state index contributed by atoms with van der Waals surface area (Å²) in [7, 11) is 0. The van der Waals surface area contributed by atoms with Crippen LogP contribution in [0.5, 0.6) is 0 Å². The van der Waals surface area contributed by atoms with Crippen molar-refractivity contribution in [1.82, 2.24) is 0 Å². The molecule has 13 heavy (non-hydrogen) atoms. The van der Waals surface area contributed by atoms with Crippen LogP contribution in [0.1, 0.15) is 23.6 Å². The van der Waals surface area contributed by atoms with Gasteiger partial charge in [0.05, 0.1) is 6.07 Å². The molecule has 0 amide bonds. The third-order valence-corrected chi connectivity index (χ3v) is 2.25. The maximum absolute atomic E-state index is 8.71. The second-order valence-electron chi connectivity index (χ2n) is 3.66. The zero-order valence-electron chi connectivity index (χ0n) is 8.46. The van der Waals surface area contributed by atoms with Crippen LogP contribution in [0.3, 0.4) is 0 Å². The molecule has 0 saturated carbocycles. The quantitative estimate of drug-likeness (QED) is 0.674. The molecule has 0 bridgehead atoms. The molecule has 0 radical (unpaired) electrons. The van der Waals surface area contributed by atoms with Gasteiger partial charge in [0.2, 0.25) is 0 Å². The molecule has 0 heterocycles. The third kappa shape index (κ3) is 2.59. The molecule has 0 N–H and O–H groups in total. The Balaban J connectivity index is 2.88. The highest BCUT2D eigenvalue weighted by Crippen LogP contribution is 2.14. The average molecular weight is 173 g/mol. The van der Waals surface area contributed by atoms with Gasteiger partial charge in [-0.05, 0) is 38.3 Å². The van der Waals surface area contributed by atoms with E-state index in [0.29, 0.717) is 0 Å². The lowest BCUT2D eigenvalue weighted by Gasteiger charge is -2.07. The molecule has 0 saturated heterocycles. The molecular weight excluding hydrogens is 158 g/mol. The van der Waals surface area contributed by atoms with E-state index in [4.69, 9.17) is 5.26 Å². The van der Waals surface area contributed by atoms with Gasteiger partial charge in [0, 0.05) is 5.92 Å². The summed E-state index contributed by atoms with van der Waals surface area (Å²) in [4.78, 5) is 0. The van der Waals surface area contributed by atoms with Gasteiger partial charge < -0.3 is 0 Å². The maximum atomic E-state index is 8.71. The molecule has 1 heteroatoms. The first kappa shape index (κ1) is 9.80. The minimum Gasteiger partial charge on any atom is -0.198 e. The van der Waals surface area contributed by atoms with Crippen LogP contribution in [-0.2, 0) is 6.42 Å². The van der Waals surface area contributed by atoms with E-state index < -0.39 is 0 Å². The van der Waals surface area contributed by atoms with Crippen molar-refractivity contribution in [1.29, 1.82) is 5.26 Å². The molecule has 1 nitrogen and oxygen atoms in total. The van der Waals surface area contributed by atoms with Crippen LogP contribution in [0.4, 0.5) is 0 Å². The molecule has 0 fully saturated rings. The molecule has 1 aromatic carbocycles. The number of benzene rings is 1. The van der Waals surface area contributed by atoms with Crippen LogP contribution in [0.15, 0.2) is 18.2 Å². The van der Waals surface area contributed by atoms with Crippen molar-refractivity contribution in [2.75, 3.05) is 0 Å². The van der Waals surface area contributed by atoms with Gasteiger partial charge in [0.1, 0.15) is 0 Å². The van der Waals surface area contributed by atoms with Gasteiger partial charge >= 0.3 is 0 Å². The summed E-state index contributed by atoms with van der Waals surface area (Å²) in [5.41, 5.74) is 3.85. The third-order valence-electron chi connectivity index (χ3n) is 2.25. The predicted molar refractivity (Wildman–Crippen MR) is 54.4 cm³/mol. The largest absolute Gasteiger partial charge is 0.198 e. The van der Waals surface area contributed by atoms with E-state index in [1.165, 1.54) is 16.7 Å². The van der Waals surface area contributed by atoms with Crippen LogP contribution in [0.25, 0.3) is 0 Å². The SMILES string of the molecule is Cc1ccc(C)c(CC(C)C#N)c1. The van der Waals surface area contributed by atoms with Gasteiger partial charge in [0.25, 0.3) is 0 Å². The van der Waals surface area contributed by atoms with Crippen molar-refractivity contribution in [3.8, 4) is 6.07 Å². The molecule has 68 valence electrons. The minimum atomic E-state index is 0.112. The normalized spacial score (nSPS) is 12.2. The molecule has 1 aromatic rings. The fraction of sp³-hybridized carbons (Fsp3) is 0.417. The lowest BCUT2D eigenvalue weighted by molar-refractivity contribution is 0.735. The van der Waals surface area contributed by atoms with E-state index in [2.05, 4.69) is 38.1 Å². The van der Waals surface area contributed by atoms with Crippen LogP contribution < -0.4 is 0 Å². The van der Waals surface area contributed by atoms with E-state index in [0.717, 1.165) is 6.42 Å². The van der Waals surface area contributed by atoms with Gasteiger partial charge in [0.15, 0.2) is 0 Å². The molecule has 0 aliphatic carbocycles. The van der Waals surface area contributed by atoms with Crippen molar-refractivity contribution in [2.45, 2.75) is 27.2 Å².